The first-order chi connectivity index (χ1) is 10.6. The molecule has 1 aromatic carbocycles. The molecule has 0 saturated carbocycles. The molecule has 3 rings (SSSR count). The Balaban J connectivity index is 2.01. The molecule has 0 radical (unpaired) electrons. The quantitative estimate of drug-likeness (QED) is 0.696. The SMILES string of the molecule is Cc1ccc(-n2c(C)cc(/C=N/n3cnnc3)c2C)cc1C. The van der Waals surface area contributed by atoms with Gasteiger partial charge < -0.3 is 4.57 Å². The van der Waals surface area contributed by atoms with Gasteiger partial charge in [-0.25, -0.2) is 4.68 Å². The van der Waals surface area contributed by atoms with Crippen LogP contribution < -0.4 is 0 Å². The van der Waals surface area contributed by atoms with Crippen LogP contribution in [0.5, 0.6) is 0 Å². The molecule has 2 heterocycles. The second-order valence-corrected chi connectivity index (χ2v) is 5.52. The van der Waals surface area contributed by atoms with Crippen LogP contribution in [0.1, 0.15) is 28.1 Å². The summed E-state index contributed by atoms with van der Waals surface area (Å²) in [6.07, 6.45) is 4.97. The maximum absolute atomic E-state index is 4.33. The summed E-state index contributed by atoms with van der Waals surface area (Å²) in [5.74, 6) is 0. The lowest BCUT2D eigenvalue weighted by Crippen LogP contribution is -2.00. The highest BCUT2D eigenvalue weighted by molar-refractivity contribution is 5.82. The molecule has 0 saturated heterocycles. The van der Waals surface area contributed by atoms with Gasteiger partial charge >= 0.3 is 0 Å². The van der Waals surface area contributed by atoms with E-state index in [-0.39, 0.29) is 0 Å². The Kier molecular flexibility index (Phi) is 3.63. The predicted octanol–water partition coefficient (Wildman–Crippen LogP) is 3.18. The van der Waals surface area contributed by atoms with E-state index in [2.05, 4.69) is 71.8 Å². The molecule has 0 amide bonds. The van der Waals surface area contributed by atoms with E-state index in [0.29, 0.717) is 0 Å². The summed E-state index contributed by atoms with van der Waals surface area (Å²) in [4.78, 5) is 0. The lowest BCUT2D eigenvalue weighted by Gasteiger charge is -2.11. The third-order valence-electron chi connectivity index (χ3n) is 3.96. The number of rotatable bonds is 3. The molecule has 3 aromatic rings. The summed E-state index contributed by atoms with van der Waals surface area (Å²) in [7, 11) is 0. The van der Waals surface area contributed by atoms with Crippen LogP contribution in [0.25, 0.3) is 5.69 Å². The Morgan fingerprint density at radius 1 is 0.955 bits per heavy atom. The zero-order chi connectivity index (χ0) is 15.7. The molecule has 0 atom stereocenters. The van der Waals surface area contributed by atoms with Gasteiger partial charge in [0, 0.05) is 22.6 Å². The van der Waals surface area contributed by atoms with Gasteiger partial charge in [-0.15, -0.1) is 10.2 Å². The van der Waals surface area contributed by atoms with Crippen LogP contribution in [-0.4, -0.2) is 25.7 Å². The predicted molar refractivity (Wildman–Crippen MR) is 87.7 cm³/mol. The smallest absolute Gasteiger partial charge is 0.141 e. The normalized spacial score (nSPS) is 11.5. The van der Waals surface area contributed by atoms with E-state index in [1.54, 1.807) is 17.3 Å². The van der Waals surface area contributed by atoms with Crippen molar-refractivity contribution < 1.29 is 0 Å². The second-order valence-electron chi connectivity index (χ2n) is 5.52. The van der Waals surface area contributed by atoms with E-state index in [9.17, 15) is 0 Å². The minimum atomic E-state index is 1.09. The van der Waals surface area contributed by atoms with E-state index in [1.807, 2.05) is 6.21 Å². The molecule has 2 aromatic heterocycles. The van der Waals surface area contributed by atoms with Crippen LogP contribution in [0.2, 0.25) is 0 Å². The van der Waals surface area contributed by atoms with Gasteiger partial charge in [-0.3, -0.25) is 0 Å². The van der Waals surface area contributed by atoms with Gasteiger partial charge in [-0.2, -0.15) is 5.10 Å². The van der Waals surface area contributed by atoms with E-state index in [0.717, 1.165) is 11.3 Å². The van der Waals surface area contributed by atoms with Crippen molar-refractivity contribution in [2.75, 3.05) is 0 Å². The van der Waals surface area contributed by atoms with Crippen molar-refractivity contribution in [3.05, 3.63) is 65.0 Å². The summed E-state index contributed by atoms with van der Waals surface area (Å²) in [6.45, 7) is 8.49. The summed E-state index contributed by atoms with van der Waals surface area (Å²) in [5, 5.41) is 11.8. The van der Waals surface area contributed by atoms with E-state index >= 15 is 0 Å². The molecule has 5 nitrogen and oxygen atoms in total. The van der Waals surface area contributed by atoms with Crippen molar-refractivity contribution in [1.29, 1.82) is 0 Å². The molecule has 0 aliphatic heterocycles. The topological polar surface area (TPSA) is 48.0 Å². The largest absolute Gasteiger partial charge is 0.318 e. The molecule has 0 spiro atoms. The lowest BCUT2D eigenvalue weighted by molar-refractivity contribution is 0.877. The number of aromatic nitrogens is 4. The zero-order valence-corrected chi connectivity index (χ0v) is 13.3. The van der Waals surface area contributed by atoms with Crippen molar-refractivity contribution in [1.82, 2.24) is 19.4 Å². The van der Waals surface area contributed by atoms with E-state index in [1.165, 1.54) is 22.5 Å². The Bertz CT molecular complexity index is 825. The van der Waals surface area contributed by atoms with Crippen LogP contribution >= 0.6 is 0 Å². The summed E-state index contributed by atoms with van der Waals surface area (Å²) in [6, 6.07) is 8.67. The van der Waals surface area contributed by atoms with Gasteiger partial charge in [0.15, 0.2) is 0 Å². The first-order valence-corrected chi connectivity index (χ1v) is 7.22. The molecule has 0 bridgehead atoms. The number of hydrogen-bond acceptors (Lipinski definition) is 3. The third-order valence-corrected chi connectivity index (χ3v) is 3.96. The molecular formula is C17H19N5. The highest BCUT2D eigenvalue weighted by Crippen LogP contribution is 2.21. The average molecular weight is 293 g/mol. The van der Waals surface area contributed by atoms with Gasteiger partial charge in [0.1, 0.15) is 12.7 Å². The zero-order valence-electron chi connectivity index (χ0n) is 13.3. The maximum Gasteiger partial charge on any atom is 0.141 e. The van der Waals surface area contributed by atoms with Crippen LogP contribution in [-0.2, 0) is 0 Å². The lowest BCUT2D eigenvalue weighted by atomic mass is 10.1. The first kappa shape index (κ1) is 14.3. The number of nitrogens with zero attached hydrogens (tertiary/aromatic N) is 5. The molecule has 0 unspecified atom stereocenters. The van der Waals surface area contributed by atoms with Gasteiger partial charge in [0.05, 0.1) is 6.21 Å². The monoisotopic (exact) mass is 293 g/mol. The van der Waals surface area contributed by atoms with Crippen LogP contribution in [0.15, 0.2) is 42.0 Å². The summed E-state index contributed by atoms with van der Waals surface area (Å²) < 4.78 is 3.84. The molecular weight excluding hydrogens is 274 g/mol. The number of aryl methyl sites for hydroxylation is 3. The standard InChI is InChI=1S/C17H19N5/c1-12-5-6-17(7-13(12)2)22-14(3)8-16(15(22)4)9-20-21-10-18-19-11-21/h5-11H,1-4H3/b20-9+. The third kappa shape index (κ3) is 2.57. The highest BCUT2D eigenvalue weighted by atomic mass is 15.4. The molecule has 22 heavy (non-hydrogen) atoms. The van der Waals surface area contributed by atoms with Crippen molar-refractivity contribution in [3.8, 4) is 5.69 Å². The fourth-order valence-corrected chi connectivity index (χ4v) is 2.56. The second kappa shape index (κ2) is 5.60. The summed E-state index contributed by atoms with van der Waals surface area (Å²) >= 11 is 0. The van der Waals surface area contributed by atoms with Crippen molar-refractivity contribution in [2.45, 2.75) is 27.7 Å². The van der Waals surface area contributed by atoms with Crippen LogP contribution in [0.3, 0.4) is 0 Å². The Morgan fingerprint density at radius 3 is 2.36 bits per heavy atom. The van der Waals surface area contributed by atoms with Gasteiger partial charge in [0.2, 0.25) is 0 Å². The average Bonchev–Trinajstić information content (AvgIpc) is 3.09. The fourth-order valence-electron chi connectivity index (χ4n) is 2.56. The Morgan fingerprint density at radius 2 is 1.68 bits per heavy atom. The molecule has 112 valence electrons. The van der Waals surface area contributed by atoms with Gasteiger partial charge in [0.25, 0.3) is 0 Å². The van der Waals surface area contributed by atoms with E-state index < -0.39 is 0 Å². The minimum absolute atomic E-state index is 1.09. The Labute approximate surface area is 129 Å². The number of benzene rings is 1. The maximum atomic E-state index is 4.33. The molecule has 0 aliphatic rings. The molecule has 0 fully saturated rings. The van der Waals surface area contributed by atoms with Gasteiger partial charge in [-0.1, -0.05) is 6.07 Å². The first-order valence-electron chi connectivity index (χ1n) is 7.22. The van der Waals surface area contributed by atoms with Crippen molar-refractivity contribution in [3.63, 3.8) is 0 Å². The number of hydrogen-bond donors (Lipinski definition) is 0. The summed E-state index contributed by atoms with van der Waals surface area (Å²) in [5.41, 5.74) is 7.22. The molecule has 0 N–H and O–H groups in total. The van der Waals surface area contributed by atoms with Crippen LogP contribution in [0.4, 0.5) is 0 Å². The van der Waals surface area contributed by atoms with Crippen molar-refractivity contribution >= 4 is 6.21 Å². The Hall–Kier alpha value is -2.69. The van der Waals surface area contributed by atoms with Gasteiger partial charge in [-0.05, 0) is 57.0 Å². The molecule has 0 aliphatic carbocycles. The van der Waals surface area contributed by atoms with E-state index in [4.69, 9.17) is 0 Å². The minimum Gasteiger partial charge on any atom is -0.318 e. The fraction of sp³-hybridized carbons (Fsp3) is 0.235. The highest BCUT2D eigenvalue weighted by Gasteiger charge is 2.10. The molecule has 5 heteroatoms. The van der Waals surface area contributed by atoms with Crippen molar-refractivity contribution in [2.24, 2.45) is 5.10 Å². The van der Waals surface area contributed by atoms with Crippen LogP contribution in [0, 0.1) is 27.7 Å².